The first-order chi connectivity index (χ1) is 11.8. The van der Waals surface area contributed by atoms with E-state index >= 15 is 0 Å². The van der Waals surface area contributed by atoms with Crippen LogP contribution in [0, 0.1) is 0 Å². The summed E-state index contributed by atoms with van der Waals surface area (Å²) < 4.78 is 15.5. The number of ether oxygens (including phenoxy) is 3. The summed E-state index contributed by atoms with van der Waals surface area (Å²) in [6, 6.07) is 7.19. The second kappa shape index (κ2) is 7.50. The van der Waals surface area contributed by atoms with Crippen molar-refractivity contribution in [2.75, 3.05) is 21.3 Å². The predicted molar refractivity (Wildman–Crippen MR) is 90.3 cm³/mol. The lowest BCUT2D eigenvalue weighted by Crippen LogP contribution is -2.36. The van der Waals surface area contributed by atoms with Gasteiger partial charge in [0.1, 0.15) is 17.2 Å². The largest absolute Gasteiger partial charge is 0.508 e. The molecule has 1 unspecified atom stereocenters. The van der Waals surface area contributed by atoms with Crippen LogP contribution in [0.2, 0.25) is 0 Å². The van der Waals surface area contributed by atoms with Gasteiger partial charge in [0.2, 0.25) is 0 Å². The number of benzene rings is 2. The maximum atomic E-state index is 10.8. The number of phenolic OH excluding ortho intramolecular Hbond substituents is 3. The molecule has 0 fully saturated rings. The molecule has 7 nitrogen and oxygen atoms in total. The van der Waals surface area contributed by atoms with Gasteiger partial charge in [0.25, 0.3) is 0 Å². The summed E-state index contributed by atoms with van der Waals surface area (Å²) in [5, 5.41) is 40.1. The third-order valence-electron chi connectivity index (χ3n) is 3.95. The molecule has 0 aliphatic heterocycles. The predicted octanol–water partition coefficient (Wildman–Crippen LogP) is 1.94. The number of phenols is 3. The van der Waals surface area contributed by atoms with Gasteiger partial charge in [-0.25, -0.2) is 0 Å². The van der Waals surface area contributed by atoms with Crippen molar-refractivity contribution < 1.29 is 34.6 Å². The molecule has 4 N–H and O–H groups in total. The third kappa shape index (κ3) is 4.26. The third-order valence-corrected chi connectivity index (χ3v) is 3.95. The lowest BCUT2D eigenvalue weighted by atomic mass is 9.96. The van der Waals surface area contributed by atoms with Gasteiger partial charge in [-0.1, -0.05) is 6.07 Å². The van der Waals surface area contributed by atoms with Gasteiger partial charge in [0.15, 0.2) is 17.3 Å². The lowest BCUT2D eigenvalue weighted by Gasteiger charge is -2.28. The molecule has 0 aromatic heterocycles. The highest BCUT2D eigenvalue weighted by molar-refractivity contribution is 5.50. The van der Waals surface area contributed by atoms with E-state index in [9.17, 15) is 20.4 Å². The van der Waals surface area contributed by atoms with Crippen molar-refractivity contribution >= 4 is 0 Å². The second-order valence-corrected chi connectivity index (χ2v) is 5.66. The summed E-state index contributed by atoms with van der Waals surface area (Å²) in [4.78, 5) is 0. The fourth-order valence-electron chi connectivity index (χ4n) is 2.61. The topological polar surface area (TPSA) is 109 Å². The summed E-state index contributed by atoms with van der Waals surface area (Å²) in [7, 11) is 4.18. The first-order valence-electron chi connectivity index (χ1n) is 7.54. The molecule has 0 spiro atoms. The van der Waals surface area contributed by atoms with E-state index in [2.05, 4.69) is 0 Å². The number of hydrogen-bond acceptors (Lipinski definition) is 7. The molecule has 2 aromatic carbocycles. The molecule has 7 heteroatoms. The molecular weight excluding hydrogens is 328 g/mol. The Bertz CT molecular complexity index is 744. The highest BCUT2D eigenvalue weighted by atomic mass is 16.6. The molecule has 0 aliphatic rings. The first-order valence-corrected chi connectivity index (χ1v) is 7.54. The number of aliphatic hydroxyl groups is 1. The van der Waals surface area contributed by atoms with Crippen LogP contribution in [-0.2, 0) is 17.6 Å². The van der Waals surface area contributed by atoms with E-state index < -0.39 is 5.79 Å². The van der Waals surface area contributed by atoms with Crippen molar-refractivity contribution in [2.45, 2.75) is 18.6 Å². The zero-order valence-corrected chi connectivity index (χ0v) is 14.3. The smallest absolute Gasteiger partial charge is 0.173 e. The Morgan fingerprint density at radius 2 is 1.52 bits per heavy atom. The molecule has 0 bridgehead atoms. The van der Waals surface area contributed by atoms with E-state index in [1.807, 2.05) is 0 Å². The molecule has 0 heterocycles. The summed E-state index contributed by atoms with van der Waals surface area (Å²) in [6.07, 6.45) is -0.00834. The SMILES string of the molecule is COc1cc(CC(O)(Cc2c(O)cc(O)cc2OC)OC)ccc1O. The number of hydrogen-bond donors (Lipinski definition) is 4. The minimum Gasteiger partial charge on any atom is -0.508 e. The quantitative estimate of drug-likeness (QED) is 0.565. The maximum absolute atomic E-state index is 10.8. The summed E-state index contributed by atoms with van der Waals surface area (Å²) >= 11 is 0. The Morgan fingerprint density at radius 1 is 0.840 bits per heavy atom. The number of rotatable bonds is 7. The van der Waals surface area contributed by atoms with Crippen molar-refractivity contribution in [3.05, 3.63) is 41.5 Å². The van der Waals surface area contributed by atoms with Crippen LogP contribution in [0.4, 0.5) is 0 Å². The molecule has 136 valence electrons. The Kier molecular flexibility index (Phi) is 5.61. The van der Waals surface area contributed by atoms with Gasteiger partial charge in [0.05, 0.1) is 14.2 Å². The highest BCUT2D eigenvalue weighted by Gasteiger charge is 2.31. The van der Waals surface area contributed by atoms with Gasteiger partial charge in [-0.15, -0.1) is 0 Å². The van der Waals surface area contributed by atoms with Crippen LogP contribution in [-0.4, -0.2) is 47.5 Å². The molecule has 0 saturated heterocycles. The average Bonchev–Trinajstić information content (AvgIpc) is 2.58. The zero-order valence-electron chi connectivity index (χ0n) is 14.3. The Labute approximate surface area is 145 Å². The Hall–Kier alpha value is -2.64. The monoisotopic (exact) mass is 350 g/mol. The van der Waals surface area contributed by atoms with Gasteiger partial charge < -0.3 is 34.6 Å². The molecule has 25 heavy (non-hydrogen) atoms. The van der Waals surface area contributed by atoms with Gasteiger partial charge >= 0.3 is 0 Å². The molecule has 1 atom stereocenters. The molecule has 0 radical (unpaired) electrons. The van der Waals surface area contributed by atoms with Crippen LogP contribution < -0.4 is 9.47 Å². The fourth-order valence-corrected chi connectivity index (χ4v) is 2.61. The zero-order chi connectivity index (χ0) is 18.6. The maximum Gasteiger partial charge on any atom is 0.173 e. The van der Waals surface area contributed by atoms with Crippen molar-refractivity contribution in [3.63, 3.8) is 0 Å². The first kappa shape index (κ1) is 18.7. The van der Waals surface area contributed by atoms with Gasteiger partial charge in [-0.05, 0) is 17.7 Å². The lowest BCUT2D eigenvalue weighted by molar-refractivity contribution is -0.183. The van der Waals surface area contributed by atoms with E-state index in [4.69, 9.17) is 14.2 Å². The van der Waals surface area contributed by atoms with Gasteiger partial charge in [-0.2, -0.15) is 0 Å². The van der Waals surface area contributed by atoms with E-state index in [0.29, 0.717) is 11.1 Å². The highest BCUT2D eigenvalue weighted by Crippen LogP contribution is 2.36. The average molecular weight is 350 g/mol. The van der Waals surface area contributed by atoms with E-state index in [-0.39, 0.29) is 41.6 Å². The van der Waals surface area contributed by atoms with Crippen LogP contribution in [0.3, 0.4) is 0 Å². The molecule has 0 amide bonds. The molecule has 2 aromatic rings. The second-order valence-electron chi connectivity index (χ2n) is 5.66. The van der Waals surface area contributed by atoms with E-state index in [1.165, 1.54) is 33.5 Å². The van der Waals surface area contributed by atoms with Crippen LogP contribution in [0.1, 0.15) is 11.1 Å². The number of methoxy groups -OCH3 is 3. The normalized spacial score (nSPS) is 13.3. The molecule has 2 rings (SSSR count). The summed E-state index contributed by atoms with van der Waals surface area (Å²) in [5.74, 6) is -1.51. The molecular formula is C18H22O7. The summed E-state index contributed by atoms with van der Waals surface area (Å²) in [5.41, 5.74) is 0.964. The van der Waals surface area contributed by atoms with Gasteiger partial charge in [-0.3, -0.25) is 0 Å². The van der Waals surface area contributed by atoms with Crippen LogP contribution >= 0.6 is 0 Å². The van der Waals surface area contributed by atoms with Crippen molar-refractivity contribution in [2.24, 2.45) is 0 Å². The molecule has 0 aliphatic carbocycles. The molecule has 0 saturated carbocycles. The minimum atomic E-state index is -1.65. The van der Waals surface area contributed by atoms with Crippen LogP contribution in [0.15, 0.2) is 30.3 Å². The minimum absolute atomic E-state index is 0.00921. The van der Waals surface area contributed by atoms with E-state index in [0.717, 1.165) is 6.07 Å². The summed E-state index contributed by atoms with van der Waals surface area (Å²) in [6.45, 7) is 0. The van der Waals surface area contributed by atoms with Crippen molar-refractivity contribution in [1.82, 2.24) is 0 Å². The fraction of sp³-hybridized carbons (Fsp3) is 0.333. The Morgan fingerprint density at radius 3 is 2.12 bits per heavy atom. The van der Waals surface area contributed by atoms with E-state index in [1.54, 1.807) is 12.1 Å². The van der Waals surface area contributed by atoms with Crippen LogP contribution in [0.25, 0.3) is 0 Å². The van der Waals surface area contributed by atoms with Crippen molar-refractivity contribution in [3.8, 4) is 28.7 Å². The standard InChI is InChI=1S/C18H22O7/c1-23-16-8-12(19)7-15(21)13(16)10-18(22,25-3)9-11-4-5-14(20)17(6-11)24-2/h4-8,19-22H,9-10H2,1-3H3. The van der Waals surface area contributed by atoms with Gasteiger partial charge in [0, 0.05) is 37.6 Å². The van der Waals surface area contributed by atoms with Crippen molar-refractivity contribution in [1.29, 1.82) is 0 Å². The van der Waals surface area contributed by atoms with Crippen LogP contribution in [0.5, 0.6) is 28.7 Å². The Balaban J connectivity index is 2.32. The number of aromatic hydroxyl groups is 3.